The number of hydrogen-bond donors (Lipinski definition) is 2. The first-order chi connectivity index (χ1) is 9.85. The van der Waals surface area contributed by atoms with Crippen LogP contribution in [0.15, 0.2) is 18.2 Å². The van der Waals surface area contributed by atoms with Crippen LogP contribution in [0.3, 0.4) is 0 Å². The van der Waals surface area contributed by atoms with Gasteiger partial charge in [0.1, 0.15) is 6.04 Å². The maximum Gasteiger partial charge on any atom is 0.328 e. The van der Waals surface area contributed by atoms with Crippen molar-refractivity contribution >= 4 is 23.5 Å². The number of aryl methyl sites for hydroxylation is 1. The van der Waals surface area contributed by atoms with Gasteiger partial charge in [-0.3, -0.25) is 4.79 Å². The summed E-state index contributed by atoms with van der Waals surface area (Å²) in [5, 5.41) is 6.32. The zero-order chi connectivity index (χ0) is 16.0. The second-order valence-corrected chi connectivity index (χ2v) is 5.36. The zero-order valence-corrected chi connectivity index (χ0v) is 13.5. The lowest BCUT2D eigenvalue weighted by atomic mass is 10.1. The third kappa shape index (κ3) is 5.36. The lowest BCUT2D eigenvalue weighted by molar-refractivity contribution is -0.144. The van der Waals surface area contributed by atoms with E-state index in [1.807, 2.05) is 25.1 Å². The molecule has 0 aliphatic rings. The maximum absolute atomic E-state index is 11.9. The van der Waals surface area contributed by atoms with E-state index in [0.717, 1.165) is 11.1 Å². The molecule has 0 heterocycles. The molecule has 1 aromatic rings. The molecule has 5 nitrogen and oxygen atoms in total. The Balaban J connectivity index is 2.51. The van der Waals surface area contributed by atoms with Crippen LogP contribution in [0.25, 0.3) is 0 Å². The number of methoxy groups -OCH3 is 1. The molecule has 6 heteroatoms. The first-order valence-electron chi connectivity index (χ1n) is 6.71. The van der Waals surface area contributed by atoms with Crippen molar-refractivity contribution in [1.82, 2.24) is 10.6 Å². The molecule has 2 N–H and O–H groups in total. The number of carbonyl (C=O) groups is 2. The fourth-order valence-electron chi connectivity index (χ4n) is 1.73. The Bertz CT molecular complexity index is 520. The smallest absolute Gasteiger partial charge is 0.328 e. The van der Waals surface area contributed by atoms with Crippen molar-refractivity contribution in [3.8, 4) is 0 Å². The molecule has 0 saturated carbocycles. The average molecular weight is 313 g/mol. The van der Waals surface area contributed by atoms with E-state index in [9.17, 15) is 9.59 Å². The molecule has 0 spiro atoms. The molecule has 0 saturated heterocycles. The summed E-state index contributed by atoms with van der Waals surface area (Å²) in [7, 11) is 1.28. The van der Waals surface area contributed by atoms with E-state index in [4.69, 9.17) is 11.6 Å². The summed E-state index contributed by atoms with van der Waals surface area (Å²) in [6, 6.07) is 4.64. The van der Waals surface area contributed by atoms with Crippen LogP contribution in [-0.4, -0.2) is 31.1 Å². The van der Waals surface area contributed by atoms with Gasteiger partial charge in [-0.1, -0.05) is 23.7 Å². The topological polar surface area (TPSA) is 67.4 Å². The van der Waals surface area contributed by atoms with E-state index >= 15 is 0 Å². The van der Waals surface area contributed by atoms with Crippen molar-refractivity contribution in [3.63, 3.8) is 0 Å². The number of hydrogen-bond acceptors (Lipinski definition) is 4. The normalized spacial score (nSPS) is 13.4. The molecule has 1 amide bonds. The van der Waals surface area contributed by atoms with Crippen LogP contribution < -0.4 is 10.6 Å². The largest absolute Gasteiger partial charge is 0.467 e. The Morgan fingerprint density at radius 1 is 1.29 bits per heavy atom. The molecular formula is C15H21ClN2O3. The predicted octanol–water partition coefficient (Wildman–Crippen LogP) is 1.80. The second kappa shape index (κ2) is 8.00. The van der Waals surface area contributed by atoms with Crippen molar-refractivity contribution in [2.75, 3.05) is 7.11 Å². The van der Waals surface area contributed by atoms with Gasteiger partial charge in [-0.25, -0.2) is 4.79 Å². The number of halogens is 1. The van der Waals surface area contributed by atoms with Crippen LogP contribution in [0.1, 0.15) is 25.0 Å². The summed E-state index contributed by atoms with van der Waals surface area (Å²) >= 11 is 6.14. The monoisotopic (exact) mass is 312 g/mol. The van der Waals surface area contributed by atoms with Crippen LogP contribution in [0.5, 0.6) is 0 Å². The van der Waals surface area contributed by atoms with Gasteiger partial charge in [-0.2, -0.15) is 0 Å². The summed E-state index contributed by atoms with van der Waals surface area (Å²) < 4.78 is 4.56. The second-order valence-electron chi connectivity index (χ2n) is 4.95. The Hall–Kier alpha value is -1.59. The quantitative estimate of drug-likeness (QED) is 0.786. The van der Waals surface area contributed by atoms with Crippen LogP contribution in [0, 0.1) is 6.92 Å². The van der Waals surface area contributed by atoms with Crippen LogP contribution in [0.4, 0.5) is 0 Å². The Labute approximate surface area is 130 Å². The van der Waals surface area contributed by atoms with Crippen molar-refractivity contribution in [1.29, 1.82) is 0 Å². The van der Waals surface area contributed by atoms with Gasteiger partial charge in [-0.15, -0.1) is 0 Å². The third-order valence-electron chi connectivity index (χ3n) is 3.11. The lowest BCUT2D eigenvalue weighted by Gasteiger charge is -2.17. The first kappa shape index (κ1) is 17.5. The average Bonchev–Trinajstić information content (AvgIpc) is 2.44. The molecule has 0 radical (unpaired) electrons. The van der Waals surface area contributed by atoms with Crippen LogP contribution in [-0.2, 0) is 20.9 Å². The highest BCUT2D eigenvalue weighted by molar-refractivity contribution is 6.31. The number of amides is 1. The fourth-order valence-corrected chi connectivity index (χ4v) is 2.03. The van der Waals surface area contributed by atoms with Crippen molar-refractivity contribution in [2.24, 2.45) is 0 Å². The Kier molecular flexibility index (Phi) is 6.65. The Morgan fingerprint density at radius 3 is 2.52 bits per heavy atom. The minimum absolute atomic E-state index is 0.267. The van der Waals surface area contributed by atoms with E-state index in [2.05, 4.69) is 15.4 Å². The molecule has 1 rings (SSSR count). The number of carbonyl (C=O) groups excluding carboxylic acids is 2. The van der Waals surface area contributed by atoms with Crippen LogP contribution in [0.2, 0.25) is 5.02 Å². The summed E-state index contributed by atoms with van der Waals surface area (Å²) in [6.45, 7) is 5.74. The number of nitrogens with one attached hydrogen (secondary N) is 2. The van der Waals surface area contributed by atoms with E-state index in [0.29, 0.717) is 11.6 Å². The first-order valence-corrected chi connectivity index (χ1v) is 7.09. The number of rotatable bonds is 6. The van der Waals surface area contributed by atoms with Crippen LogP contribution >= 0.6 is 11.6 Å². The number of ether oxygens (including phenoxy) is 1. The molecule has 2 atom stereocenters. The third-order valence-corrected chi connectivity index (χ3v) is 3.47. The molecule has 0 aliphatic carbocycles. The molecule has 0 bridgehead atoms. The van der Waals surface area contributed by atoms with Crippen molar-refractivity contribution in [2.45, 2.75) is 39.4 Å². The SMILES string of the molecule is COC(=O)[C@H](C)NC(=O)[C@H](C)NCc1ccc(C)cc1Cl. The highest BCUT2D eigenvalue weighted by Crippen LogP contribution is 2.17. The molecule has 116 valence electrons. The highest BCUT2D eigenvalue weighted by atomic mass is 35.5. The summed E-state index contributed by atoms with van der Waals surface area (Å²) in [6.07, 6.45) is 0. The van der Waals surface area contributed by atoms with Gasteiger partial charge in [0.05, 0.1) is 13.2 Å². The van der Waals surface area contributed by atoms with E-state index in [1.54, 1.807) is 13.8 Å². The van der Waals surface area contributed by atoms with Gasteiger partial charge in [-0.05, 0) is 38.0 Å². The molecule has 0 fully saturated rings. The highest BCUT2D eigenvalue weighted by Gasteiger charge is 2.19. The van der Waals surface area contributed by atoms with Gasteiger partial charge in [0.2, 0.25) is 5.91 Å². The maximum atomic E-state index is 11.9. The van der Waals surface area contributed by atoms with Gasteiger partial charge in [0.25, 0.3) is 0 Å². The van der Waals surface area contributed by atoms with Gasteiger partial charge in [0.15, 0.2) is 0 Å². The molecule has 0 aliphatic heterocycles. The van der Waals surface area contributed by atoms with E-state index in [-0.39, 0.29) is 5.91 Å². The molecular weight excluding hydrogens is 292 g/mol. The predicted molar refractivity (Wildman–Crippen MR) is 82.1 cm³/mol. The minimum Gasteiger partial charge on any atom is -0.467 e. The number of benzene rings is 1. The van der Waals surface area contributed by atoms with E-state index < -0.39 is 18.1 Å². The van der Waals surface area contributed by atoms with Gasteiger partial charge < -0.3 is 15.4 Å². The Morgan fingerprint density at radius 2 is 1.95 bits per heavy atom. The minimum atomic E-state index is -0.672. The molecule has 21 heavy (non-hydrogen) atoms. The van der Waals surface area contributed by atoms with Gasteiger partial charge in [0, 0.05) is 11.6 Å². The molecule has 0 unspecified atom stereocenters. The van der Waals surface area contributed by atoms with Crippen molar-refractivity contribution in [3.05, 3.63) is 34.3 Å². The van der Waals surface area contributed by atoms with Gasteiger partial charge >= 0.3 is 5.97 Å². The molecule has 1 aromatic carbocycles. The molecule has 0 aromatic heterocycles. The number of esters is 1. The summed E-state index contributed by atoms with van der Waals surface area (Å²) in [5.41, 5.74) is 2.00. The summed E-state index contributed by atoms with van der Waals surface area (Å²) in [5.74, 6) is -0.742. The standard InChI is InChI=1S/C15H21ClN2O3/c1-9-5-6-12(13(16)7-9)8-17-10(2)14(19)18-11(3)15(20)21-4/h5-7,10-11,17H,8H2,1-4H3,(H,18,19)/t10-,11-/m0/s1. The van der Waals surface area contributed by atoms with Crippen molar-refractivity contribution < 1.29 is 14.3 Å². The fraction of sp³-hybridized carbons (Fsp3) is 0.467. The zero-order valence-electron chi connectivity index (χ0n) is 12.7. The summed E-state index contributed by atoms with van der Waals surface area (Å²) in [4.78, 5) is 23.2. The lowest BCUT2D eigenvalue weighted by Crippen LogP contribution is -2.47. The van der Waals surface area contributed by atoms with E-state index in [1.165, 1.54) is 7.11 Å².